The van der Waals surface area contributed by atoms with Gasteiger partial charge in [0, 0.05) is 18.3 Å². The highest BCUT2D eigenvalue weighted by Crippen LogP contribution is 2.65. The number of carbonyl (C=O) groups excluding carboxylic acids is 3. The maximum absolute atomic E-state index is 11.9. The van der Waals surface area contributed by atoms with Crippen LogP contribution in [-0.4, -0.2) is 31.4 Å². The van der Waals surface area contributed by atoms with Crippen molar-refractivity contribution < 1.29 is 23.9 Å². The fourth-order valence-corrected chi connectivity index (χ4v) is 6.95. The van der Waals surface area contributed by atoms with Crippen LogP contribution in [0.3, 0.4) is 0 Å². The van der Waals surface area contributed by atoms with Crippen LogP contribution in [-0.2, 0) is 23.9 Å². The summed E-state index contributed by atoms with van der Waals surface area (Å²) in [7, 11) is 1.31. The van der Waals surface area contributed by atoms with Crippen molar-refractivity contribution in [1.29, 1.82) is 0 Å². The van der Waals surface area contributed by atoms with Gasteiger partial charge in [-0.15, -0.1) is 0 Å². The minimum Gasteiger partial charge on any atom is -0.471 e. The number of hydrogen-bond acceptors (Lipinski definition) is 5. The van der Waals surface area contributed by atoms with Gasteiger partial charge < -0.3 is 9.47 Å². The molecule has 4 aliphatic carbocycles. The van der Waals surface area contributed by atoms with Gasteiger partial charge in [-0.2, -0.15) is 0 Å². The van der Waals surface area contributed by atoms with Crippen LogP contribution in [0, 0.1) is 28.6 Å². The van der Waals surface area contributed by atoms with Gasteiger partial charge in [0.05, 0.1) is 7.11 Å². The molecule has 0 amide bonds. The summed E-state index contributed by atoms with van der Waals surface area (Å²) in [4.78, 5) is 32.7. The summed E-state index contributed by atoms with van der Waals surface area (Å²) in [6, 6.07) is 0. The Labute approximate surface area is 182 Å². The van der Waals surface area contributed by atoms with Crippen LogP contribution in [0.2, 0.25) is 0 Å². The van der Waals surface area contributed by atoms with Gasteiger partial charge in [0.25, 0.3) is 6.47 Å². The van der Waals surface area contributed by atoms with Gasteiger partial charge in [0.1, 0.15) is 6.10 Å². The van der Waals surface area contributed by atoms with Crippen molar-refractivity contribution in [2.75, 3.05) is 7.11 Å². The first-order valence-corrected chi connectivity index (χ1v) is 11.2. The number of esters is 1. The van der Waals surface area contributed by atoms with Crippen molar-refractivity contribution in [3.63, 3.8) is 0 Å². The molecular formula is C25H40O5. The third kappa shape index (κ3) is 4.22. The molecule has 6 atom stereocenters. The minimum absolute atomic E-state index is 0. The predicted octanol–water partition coefficient (Wildman–Crippen LogP) is 5.27. The second kappa shape index (κ2) is 9.65. The average molecular weight is 421 g/mol. The van der Waals surface area contributed by atoms with E-state index in [9.17, 15) is 9.59 Å². The van der Waals surface area contributed by atoms with Crippen molar-refractivity contribution in [3.05, 3.63) is 11.6 Å². The van der Waals surface area contributed by atoms with E-state index >= 15 is 0 Å². The lowest BCUT2D eigenvalue weighted by molar-refractivity contribution is -0.159. The summed E-state index contributed by atoms with van der Waals surface area (Å²) in [5.41, 5.74) is 1.82. The number of carbonyl (C=O) groups is 3. The zero-order valence-electron chi connectivity index (χ0n) is 18.4. The molecule has 0 aromatic rings. The van der Waals surface area contributed by atoms with Crippen LogP contribution in [0.25, 0.3) is 0 Å². The summed E-state index contributed by atoms with van der Waals surface area (Å²) >= 11 is 0. The Bertz CT molecular complexity index is 683. The van der Waals surface area contributed by atoms with E-state index in [2.05, 4.69) is 18.6 Å². The van der Waals surface area contributed by atoms with Gasteiger partial charge in [-0.05, 0) is 74.2 Å². The number of methoxy groups -OCH3 is 1. The monoisotopic (exact) mass is 420 g/mol. The van der Waals surface area contributed by atoms with E-state index in [1.165, 1.54) is 31.9 Å². The van der Waals surface area contributed by atoms with E-state index in [0.717, 1.165) is 38.0 Å². The standard InChI is InChI=1S/C22H32O3.C2H4O2.CH4/c1-4-20(24)25-19-8-7-17-16-6-5-14-13-15(23)9-11-21(14,2)18(16)10-12-22(17,19)3;1-4-2-3;/h13,16-19H,4-12H2,1-3H3;2H,1H3;1H4/t16?,17?,18?,19?,21-,22?;;/m0../s1. The first kappa shape index (κ1) is 24.6. The van der Waals surface area contributed by atoms with Crippen molar-refractivity contribution in [3.8, 4) is 0 Å². The van der Waals surface area contributed by atoms with E-state index in [1.54, 1.807) is 0 Å². The van der Waals surface area contributed by atoms with Crippen LogP contribution >= 0.6 is 0 Å². The smallest absolute Gasteiger partial charge is 0.305 e. The average Bonchev–Trinajstić information content (AvgIpc) is 3.05. The van der Waals surface area contributed by atoms with E-state index in [4.69, 9.17) is 9.53 Å². The largest absolute Gasteiger partial charge is 0.471 e. The Morgan fingerprint density at radius 1 is 1.13 bits per heavy atom. The predicted molar refractivity (Wildman–Crippen MR) is 117 cm³/mol. The van der Waals surface area contributed by atoms with Crippen LogP contribution in [0.1, 0.15) is 86.0 Å². The van der Waals surface area contributed by atoms with Crippen molar-refractivity contribution in [2.24, 2.45) is 28.6 Å². The molecule has 5 unspecified atom stereocenters. The van der Waals surface area contributed by atoms with Crippen molar-refractivity contribution >= 4 is 18.2 Å². The first-order chi connectivity index (χ1) is 13.8. The molecule has 170 valence electrons. The number of ether oxygens (including phenoxy) is 2. The van der Waals surface area contributed by atoms with Gasteiger partial charge in [0.2, 0.25) is 0 Å². The lowest BCUT2D eigenvalue weighted by Gasteiger charge is -2.57. The summed E-state index contributed by atoms with van der Waals surface area (Å²) < 4.78 is 9.72. The third-order valence-corrected chi connectivity index (χ3v) is 8.53. The van der Waals surface area contributed by atoms with Crippen molar-refractivity contribution in [2.45, 2.75) is 92.1 Å². The molecule has 0 aromatic heterocycles. The van der Waals surface area contributed by atoms with E-state index < -0.39 is 0 Å². The Balaban J connectivity index is 0.000000591. The highest BCUT2D eigenvalue weighted by atomic mass is 16.5. The summed E-state index contributed by atoms with van der Waals surface area (Å²) in [6.45, 7) is 7.06. The Morgan fingerprint density at radius 3 is 2.47 bits per heavy atom. The molecule has 0 heterocycles. The summed E-state index contributed by atoms with van der Waals surface area (Å²) in [5.74, 6) is 2.41. The van der Waals surface area contributed by atoms with Crippen LogP contribution < -0.4 is 0 Å². The lowest BCUT2D eigenvalue weighted by atomic mass is 9.47. The zero-order chi connectivity index (χ0) is 21.2. The molecule has 3 fully saturated rings. The van der Waals surface area contributed by atoms with Crippen LogP contribution in [0.15, 0.2) is 11.6 Å². The number of ketones is 1. The molecule has 4 rings (SSSR count). The highest BCUT2D eigenvalue weighted by molar-refractivity contribution is 5.91. The SMILES string of the molecule is C.CCC(=O)OC1CCC2C3CCC4=CC(=O)CC[C@]4(C)C3CCC12C.COC=O. The third-order valence-electron chi connectivity index (χ3n) is 8.53. The number of allylic oxidation sites excluding steroid dienone is 1. The molecule has 0 aromatic carbocycles. The minimum atomic E-state index is -0.0411. The lowest BCUT2D eigenvalue weighted by Crippen LogP contribution is -2.51. The Morgan fingerprint density at radius 2 is 1.83 bits per heavy atom. The topological polar surface area (TPSA) is 69.7 Å². The second-order valence-electron chi connectivity index (χ2n) is 9.75. The van der Waals surface area contributed by atoms with Gasteiger partial charge in [0.15, 0.2) is 5.78 Å². The molecule has 5 heteroatoms. The zero-order valence-corrected chi connectivity index (χ0v) is 18.4. The molecule has 0 radical (unpaired) electrons. The van der Waals surface area contributed by atoms with Crippen LogP contribution in [0.4, 0.5) is 0 Å². The molecule has 3 saturated carbocycles. The number of hydrogen-bond donors (Lipinski definition) is 0. The second-order valence-corrected chi connectivity index (χ2v) is 9.75. The fourth-order valence-electron chi connectivity index (χ4n) is 6.95. The highest BCUT2D eigenvalue weighted by Gasteiger charge is 2.59. The van der Waals surface area contributed by atoms with Gasteiger partial charge in [-0.25, -0.2) is 0 Å². The molecular weight excluding hydrogens is 380 g/mol. The van der Waals surface area contributed by atoms with Crippen molar-refractivity contribution in [1.82, 2.24) is 0 Å². The summed E-state index contributed by atoms with van der Waals surface area (Å²) in [5, 5.41) is 0. The maximum Gasteiger partial charge on any atom is 0.305 e. The quantitative estimate of drug-likeness (QED) is 0.460. The molecule has 0 saturated heterocycles. The molecule has 4 aliphatic rings. The Kier molecular flexibility index (Phi) is 7.92. The number of rotatable bonds is 3. The van der Waals surface area contributed by atoms with E-state index in [0.29, 0.717) is 30.5 Å². The van der Waals surface area contributed by atoms with Gasteiger partial charge in [-0.1, -0.05) is 33.8 Å². The first-order valence-electron chi connectivity index (χ1n) is 11.2. The van der Waals surface area contributed by atoms with E-state index in [1.807, 2.05) is 13.0 Å². The Hall–Kier alpha value is -1.65. The van der Waals surface area contributed by atoms with E-state index in [-0.39, 0.29) is 30.3 Å². The molecule has 5 nitrogen and oxygen atoms in total. The fraction of sp³-hybridized carbons (Fsp3) is 0.800. The molecule has 0 N–H and O–H groups in total. The number of fused-ring (bicyclic) bond motifs is 5. The molecule has 0 spiro atoms. The molecule has 0 bridgehead atoms. The molecule has 0 aliphatic heterocycles. The maximum atomic E-state index is 11.9. The normalized spacial score (nSPS) is 38.9. The van der Waals surface area contributed by atoms with Gasteiger partial charge >= 0.3 is 5.97 Å². The van der Waals surface area contributed by atoms with Gasteiger partial charge in [-0.3, -0.25) is 14.4 Å². The summed E-state index contributed by atoms with van der Waals surface area (Å²) in [6.07, 6.45) is 11.3. The van der Waals surface area contributed by atoms with Crippen LogP contribution in [0.5, 0.6) is 0 Å². The molecule has 30 heavy (non-hydrogen) atoms.